The number of likely N-dealkylation sites (tertiary alicyclic amines) is 1. The van der Waals surface area contributed by atoms with Crippen molar-refractivity contribution < 1.29 is 4.74 Å². The van der Waals surface area contributed by atoms with Crippen LogP contribution in [-0.2, 0) is 0 Å². The largest absolute Gasteiger partial charge is 0.497 e. The zero-order valence-corrected chi connectivity index (χ0v) is 13.8. The summed E-state index contributed by atoms with van der Waals surface area (Å²) in [5, 5.41) is 3.63. The Labute approximate surface area is 129 Å². The van der Waals surface area contributed by atoms with Crippen LogP contribution in [0.2, 0.25) is 0 Å². The summed E-state index contributed by atoms with van der Waals surface area (Å²) in [4.78, 5) is 2.63. The molecule has 1 saturated heterocycles. The van der Waals surface area contributed by atoms with Gasteiger partial charge in [0, 0.05) is 19.1 Å². The predicted octanol–water partition coefficient (Wildman–Crippen LogP) is 3.47. The topological polar surface area (TPSA) is 24.5 Å². The van der Waals surface area contributed by atoms with Crippen molar-refractivity contribution in [2.24, 2.45) is 5.92 Å². The highest BCUT2D eigenvalue weighted by Gasteiger charge is 2.21. The third-order valence-corrected chi connectivity index (χ3v) is 4.59. The van der Waals surface area contributed by atoms with E-state index in [1.807, 2.05) is 0 Å². The number of rotatable bonds is 7. The summed E-state index contributed by atoms with van der Waals surface area (Å²) in [5.41, 5.74) is 1.36. The number of hydrogen-bond donors (Lipinski definition) is 1. The van der Waals surface area contributed by atoms with Gasteiger partial charge in [0.1, 0.15) is 5.75 Å². The van der Waals surface area contributed by atoms with Gasteiger partial charge in [-0.2, -0.15) is 0 Å². The van der Waals surface area contributed by atoms with E-state index >= 15 is 0 Å². The average Bonchev–Trinajstić information content (AvgIpc) is 2.55. The molecule has 118 valence electrons. The zero-order chi connectivity index (χ0) is 15.1. The van der Waals surface area contributed by atoms with E-state index in [4.69, 9.17) is 4.74 Å². The maximum atomic E-state index is 5.26. The summed E-state index contributed by atoms with van der Waals surface area (Å²) in [7, 11) is 1.72. The van der Waals surface area contributed by atoms with Gasteiger partial charge < -0.3 is 15.0 Å². The molecule has 2 unspecified atom stereocenters. The second kappa shape index (κ2) is 8.40. The standard InChI is InChI=1S/C18H30N2O/c1-4-15-7-6-12-20(13-15)14-18(19-5-2)16-8-10-17(21-3)11-9-16/h8-11,15,18-19H,4-7,12-14H2,1-3H3. The zero-order valence-electron chi connectivity index (χ0n) is 13.8. The molecule has 1 heterocycles. The molecule has 2 rings (SSSR count). The minimum Gasteiger partial charge on any atom is -0.497 e. The summed E-state index contributed by atoms with van der Waals surface area (Å²) in [6.45, 7) is 9.11. The third kappa shape index (κ3) is 4.72. The third-order valence-electron chi connectivity index (χ3n) is 4.59. The van der Waals surface area contributed by atoms with E-state index in [9.17, 15) is 0 Å². The van der Waals surface area contributed by atoms with Crippen LogP contribution in [0.25, 0.3) is 0 Å². The number of nitrogens with zero attached hydrogens (tertiary/aromatic N) is 1. The molecule has 2 atom stereocenters. The Bertz CT molecular complexity index is 404. The summed E-state index contributed by atoms with van der Waals surface area (Å²) >= 11 is 0. The van der Waals surface area contributed by atoms with E-state index in [2.05, 4.69) is 48.3 Å². The Morgan fingerprint density at radius 1 is 1.29 bits per heavy atom. The number of benzene rings is 1. The van der Waals surface area contributed by atoms with Crippen molar-refractivity contribution in [1.82, 2.24) is 10.2 Å². The minimum atomic E-state index is 0.413. The monoisotopic (exact) mass is 290 g/mol. The van der Waals surface area contributed by atoms with Crippen LogP contribution in [0, 0.1) is 5.92 Å². The summed E-state index contributed by atoms with van der Waals surface area (Å²) in [5.74, 6) is 1.81. The smallest absolute Gasteiger partial charge is 0.118 e. The molecule has 1 aliphatic rings. The molecule has 1 fully saturated rings. The number of methoxy groups -OCH3 is 1. The van der Waals surface area contributed by atoms with Crippen LogP contribution in [-0.4, -0.2) is 38.2 Å². The van der Waals surface area contributed by atoms with Crippen LogP contribution < -0.4 is 10.1 Å². The molecule has 1 aromatic carbocycles. The first-order valence-electron chi connectivity index (χ1n) is 8.36. The summed E-state index contributed by atoms with van der Waals surface area (Å²) in [6, 6.07) is 8.91. The lowest BCUT2D eigenvalue weighted by molar-refractivity contribution is 0.157. The molecule has 1 aliphatic heterocycles. The van der Waals surface area contributed by atoms with Gasteiger partial charge in [0.05, 0.1) is 7.11 Å². The maximum Gasteiger partial charge on any atom is 0.118 e. The van der Waals surface area contributed by atoms with Gasteiger partial charge in [-0.3, -0.25) is 0 Å². The van der Waals surface area contributed by atoms with E-state index in [0.29, 0.717) is 6.04 Å². The van der Waals surface area contributed by atoms with Gasteiger partial charge >= 0.3 is 0 Å². The number of nitrogens with one attached hydrogen (secondary N) is 1. The molecule has 0 saturated carbocycles. The van der Waals surface area contributed by atoms with Crippen LogP contribution >= 0.6 is 0 Å². The molecular weight excluding hydrogens is 260 g/mol. The molecule has 0 spiro atoms. The second-order valence-corrected chi connectivity index (χ2v) is 6.06. The lowest BCUT2D eigenvalue weighted by Crippen LogP contribution is -2.41. The van der Waals surface area contributed by atoms with Gasteiger partial charge in [0.15, 0.2) is 0 Å². The lowest BCUT2D eigenvalue weighted by atomic mass is 9.95. The molecule has 3 nitrogen and oxygen atoms in total. The Morgan fingerprint density at radius 3 is 2.67 bits per heavy atom. The van der Waals surface area contributed by atoms with Crippen molar-refractivity contribution in [2.75, 3.05) is 33.3 Å². The Balaban J connectivity index is 2.00. The molecule has 0 aromatic heterocycles. The van der Waals surface area contributed by atoms with Crippen LogP contribution in [0.5, 0.6) is 5.75 Å². The Hall–Kier alpha value is -1.06. The van der Waals surface area contributed by atoms with Crippen molar-refractivity contribution in [1.29, 1.82) is 0 Å². The number of likely N-dealkylation sites (N-methyl/N-ethyl adjacent to an activating group) is 1. The summed E-state index contributed by atoms with van der Waals surface area (Å²) in [6.07, 6.45) is 4.06. The number of ether oxygens (including phenoxy) is 1. The molecule has 0 aliphatic carbocycles. The minimum absolute atomic E-state index is 0.413. The van der Waals surface area contributed by atoms with Crippen molar-refractivity contribution in [2.45, 2.75) is 39.2 Å². The van der Waals surface area contributed by atoms with E-state index < -0.39 is 0 Å². The first kappa shape index (κ1) is 16.3. The fraction of sp³-hybridized carbons (Fsp3) is 0.667. The molecule has 0 radical (unpaired) electrons. The summed E-state index contributed by atoms with van der Waals surface area (Å²) < 4.78 is 5.26. The molecule has 0 amide bonds. The normalized spacial score (nSPS) is 21.2. The quantitative estimate of drug-likeness (QED) is 0.832. The van der Waals surface area contributed by atoms with Crippen molar-refractivity contribution in [3.63, 3.8) is 0 Å². The highest BCUT2D eigenvalue weighted by Crippen LogP contribution is 2.23. The number of piperidine rings is 1. The highest BCUT2D eigenvalue weighted by atomic mass is 16.5. The maximum absolute atomic E-state index is 5.26. The Kier molecular flexibility index (Phi) is 6.52. The Morgan fingerprint density at radius 2 is 2.05 bits per heavy atom. The van der Waals surface area contributed by atoms with Crippen LogP contribution in [0.15, 0.2) is 24.3 Å². The van der Waals surface area contributed by atoms with Crippen LogP contribution in [0.3, 0.4) is 0 Å². The van der Waals surface area contributed by atoms with Gasteiger partial charge in [0.2, 0.25) is 0 Å². The molecule has 0 bridgehead atoms. The van der Waals surface area contributed by atoms with Crippen molar-refractivity contribution in [3.05, 3.63) is 29.8 Å². The predicted molar refractivity (Wildman–Crippen MR) is 88.9 cm³/mol. The molecule has 3 heteroatoms. The fourth-order valence-corrected chi connectivity index (χ4v) is 3.28. The van der Waals surface area contributed by atoms with E-state index in [1.165, 1.54) is 37.9 Å². The van der Waals surface area contributed by atoms with E-state index in [0.717, 1.165) is 24.8 Å². The van der Waals surface area contributed by atoms with Crippen LogP contribution in [0.4, 0.5) is 0 Å². The average molecular weight is 290 g/mol. The number of hydrogen-bond acceptors (Lipinski definition) is 3. The van der Waals surface area contributed by atoms with Crippen molar-refractivity contribution in [3.8, 4) is 5.75 Å². The van der Waals surface area contributed by atoms with Gasteiger partial charge in [-0.15, -0.1) is 0 Å². The van der Waals surface area contributed by atoms with Crippen molar-refractivity contribution >= 4 is 0 Å². The first-order valence-corrected chi connectivity index (χ1v) is 8.36. The molecule has 1 aromatic rings. The molecular formula is C18H30N2O. The van der Waals surface area contributed by atoms with Gasteiger partial charge in [0.25, 0.3) is 0 Å². The van der Waals surface area contributed by atoms with Crippen LogP contribution in [0.1, 0.15) is 44.7 Å². The first-order chi connectivity index (χ1) is 10.3. The second-order valence-electron chi connectivity index (χ2n) is 6.06. The highest BCUT2D eigenvalue weighted by molar-refractivity contribution is 5.29. The van der Waals surface area contributed by atoms with Gasteiger partial charge in [-0.25, -0.2) is 0 Å². The fourth-order valence-electron chi connectivity index (χ4n) is 3.28. The lowest BCUT2D eigenvalue weighted by Gasteiger charge is -2.35. The SMILES string of the molecule is CCNC(CN1CCCC(CC)C1)c1ccc(OC)cc1. The van der Waals surface area contributed by atoms with E-state index in [-0.39, 0.29) is 0 Å². The van der Waals surface area contributed by atoms with Gasteiger partial charge in [-0.1, -0.05) is 32.4 Å². The van der Waals surface area contributed by atoms with E-state index in [1.54, 1.807) is 7.11 Å². The molecule has 1 N–H and O–H groups in total. The molecule has 21 heavy (non-hydrogen) atoms. The van der Waals surface area contributed by atoms with Gasteiger partial charge in [-0.05, 0) is 49.5 Å².